The molecule has 2 saturated heterocycles. The maximum absolute atomic E-state index is 13.4. The highest BCUT2D eigenvalue weighted by Gasteiger charge is 2.46. The summed E-state index contributed by atoms with van der Waals surface area (Å²) in [4.78, 5) is 18.7. The zero-order valence-electron chi connectivity index (χ0n) is 20.4. The minimum atomic E-state index is -0.253. The Kier molecular flexibility index (Phi) is 6.13. The van der Waals surface area contributed by atoms with Gasteiger partial charge in [-0.1, -0.05) is 24.3 Å². The third-order valence-corrected chi connectivity index (χ3v) is 8.80. The number of rotatable bonds is 8. The highest BCUT2D eigenvalue weighted by Crippen LogP contribution is 2.47. The number of nitrogens with zero attached hydrogens (tertiary/aromatic N) is 1. The summed E-state index contributed by atoms with van der Waals surface area (Å²) in [7, 11) is 0. The van der Waals surface area contributed by atoms with Crippen molar-refractivity contribution in [3.8, 4) is 10.4 Å². The van der Waals surface area contributed by atoms with Crippen LogP contribution in [0.2, 0.25) is 0 Å². The van der Waals surface area contributed by atoms with E-state index in [0.717, 1.165) is 49.3 Å². The van der Waals surface area contributed by atoms with Gasteiger partial charge >= 0.3 is 0 Å². The molecule has 3 heterocycles. The molecule has 0 radical (unpaired) electrons. The number of aryl methyl sites for hydroxylation is 1. The molecule has 2 aliphatic heterocycles. The lowest BCUT2D eigenvalue weighted by atomic mass is 10.00. The molecule has 1 saturated carbocycles. The van der Waals surface area contributed by atoms with E-state index in [1.165, 1.54) is 46.8 Å². The number of thiophene rings is 1. The maximum atomic E-state index is 13.4. The van der Waals surface area contributed by atoms with Crippen molar-refractivity contribution in [2.24, 2.45) is 0 Å². The summed E-state index contributed by atoms with van der Waals surface area (Å²) in [5.41, 5.74) is 4.99. The molecule has 5 nitrogen and oxygen atoms in total. The predicted octanol–water partition coefficient (Wildman–Crippen LogP) is 5.12. The molecule has 182 valence electrons. The van der Waals surface area contributed by atoms with E-state index in [9.17, 15) is 4.79 Å². The standard InChI is InChI=1S/C29H34N4OS/c1-20-7-8-23(31-24-17-30-18-24)16-26(20)28(34)32-29(11-12-29)22-6-4-5-21(15-22)27-10-9-25(35-27)19-33-13-2-3-14-33/h4-10,15-16,24,30-31H,2-3,11-14,17-19H2,1H3,(H,32,34). The van der Waals surface area contributed by atoms with E-state index in [1.54, 1.807) is 0 Å². The lowest BCUT2D eigenvalue weighted by Gasteiger charge is -2.29. The molecule has 3 fully saturated rings. The third-order valence-electron chi connectivity index (χ3n) is 7.68. The summed E-state index contributed by atoms with van der Waals surface area (Å²) < 4.78 is 0. The van der Waals surface area contributed by atoms with E-state index in [0.29, 0.717) is 6.04 Å². The molecule has 3 aromatic rings. The lowest BCUT2D eigenvalue weighted by Crippen LogP contribution is -2.51. The van der Waals surface area contributed by atoms with Gasteiger partial charge in [-0.25, -0.2) is 0 Å². The van der Waals surface area contributed by atoms with Gasteiger partial charge in [0.1, 0.15) is 0 Å². The zero-order valence-corrected chi connectivity index (χ0v) is 21.2. The Labute approximate surface area is 211 Å². The normalized spacial score (nSPS) is 19.3. The maximum Gasteiger partial charge on any atom is 0.252 e. The largest absolute Gasteiger partial charge is 0.380 e. The summed E-state index contributed by atoms with van der Waals surface area (Å²) in [6.45, 7) is 7.47. The second kappa shape index (κ2) is 9.41. The van der Waals surface area contributed by atoms with Crippen LogP contribution in [-0.2, 0) is 12.1 Å². The van der Waals surface area contributed by atoms with E-state index in [1.807, 2.05) is 30.4 Å². The fraction of sp³-hybridized carbons (Fsp3) is 0.414. The summed E-state index contributed by atoms with van der Waals surface area (Å²) in [5, 5.41) is 10.2. The minimum absolute atomic E-state index is 0.0183. The second-order valence-corrected chi connectivity index (χ2v) is 11.6. The molecule has 0 unspecified atom stereocenters. The Morgan fingerprint density at radius 3 is 2.66 bits per heavy atom. The zero-order chi connectivity index (χ0) is 23.8. The number of benzene rings is 2. The summed E-state index contributed by atoms with van der Waals surface area (Å²) in [5.74, 6) is 0.0183. The number of amides is 1. The first-order valence-electron chi connectivity index (χ1n) is 12.9. The van der Waals surface area contributed by atoms with Crippen molar-refractivity contribution in [1.29, 1.82) is 0 Å². The van der Waals surface area contributed by atoms with Crippen molar-refractivity contribution in [2.45, 2.75) is 50.7 Å². The van der Waals surface area contributed by atoms with Crippen molar-refractivity contribution in [3.05, 3.63) is 76.2 Å². The Morgan fingerprint density at radius 2 is 1.91 bits per heavy atom. The summed E-state index contributed by atoms with van der Waals surface area (Å²) in [6, 6.07) is 19.9. The van der Waals surface area contributed by atoms with Crippen LogP contribution in [0.25, 0.3) is 10.4 Å². The Hall–Kier alpha value is -2.67. The molecule has 0 bridgehead atoms. The molecule has 2 aromatic carbocycles. The highest BCUT2D eigenvalue weighted by molar-refractivity contribution is 7.15. The fourth-order valence-corrected chi connectivity index (χ4v) is 6.27. The number of anilines is 1. The number of hydrogen-bond acceptors (Lipinski definition) is 5. The second-order valence-electron chi connectivity index (χ2n) is 10.4. The van der Waals surface area contributed by atoms with E-state index in [4.69, 9.17) is 0 Å². The lowest BCUT2D eigenvalue weighted by molar-refractivity contribution is 0.0930. The summed E-state index contributed by atoms with van der Waals surface area (Å²) in [6.07, 6.45) is 4.62. The van der Waals surface area contributed by atoms with Crippen molar-refractivity contribution >= 4 is 22.9 Å². The van der Waals surface area contributed by atoms with Crippen molar-refractivity contribution in [2.75, 3.05) is 31.5 Å². The molecule has 6 rings (SSSR count). The van der Waals surface area contributed by atoms with Crippen LogP contribution in [0, 0.1) is 6.92 Å². The Morgan fingerprint density at radius 1 is 1.09 bits per heavy atom. The van der Waals surface area contributed by atoms with E-state index in [-0.39, 0.29) is 11.4 Å². The molecule has 3 N–H and O–H groups in total. The smallest absolute Gasteiger partial charge is 0.252 e. The van der Waals surface area contributed by atoms with Gasteiger partial charge in [-0.05, 0) is 92.7 Å². The number of hydrogen-bond donors (Lipinski definition) is 3. The predicted molar refractivity (Wildman–Crippen MR) is 144 cm³/mol. The van der Waals surface area contributed by atoms with Gasteiger partial charge in [-0.2, -0.15) is 0 Å². The molecule has 3 aliphatic rings. The van der Waals surface area contributed by atoms with Gasteiger partial charge < -0.3 is 16.0 Å². The Balaban J connectivity index is 1.17. The van der Waals surface area contributed by atoms with Crippen LogP contribution in [0.4, 0.5) is 5.69 Å². The fourth-order valence-electron chi connectivity index (χ4n) is 5.23. The molecular weight excluding hydrogens is 452 g/mol. The molecule has 35 heavy (non-hydrogen) atoms. The Bertz CT molecular complexity index is 1220. The molecule has 1 amide bonds. The van der Waals surface area contributed by atoms with Crippen LogP contribution in [0.15, 0.2) is 54.6 Å². The molecule has 1 aliphatic carbocycles. The van der Waals surface area contributed by atoms with Crippen LogP contribution in [0.3, 0.4) is 0 Å². The van der Waals surface area contributed by atoms with Gasteiger partial charge in [0.05, 0.1) is 11.6 Å². The molecular formula is C29H34N4OS. The van der Waals surface area contributed by atoms with Crippen LogP contribution in [0.1, 0.15) is 52.0 Å². The van der Waals surface area contributed by atoms with Crippen LogP contribution in [0.5, 0.6) is 0 Å². The topological polar surface area (TPSA) is 56.4 Å². The average molecular weight is 487 g/mol. The van der Waals surface area contributed by atoms with Gasteiger partial charge in [0, 0.05) is 40.6 Å². The van der Waals surface area contributed by atoms with E-state index in [2.05, 4.69) is 63.3 Å². The van der Waals surface area contributed by atoms with Crippen molar-refractivity contribution < 1.29 is 4.79 Å². The number of likely N-dealkylation sites (tertiary alicyclic amines) is 1. The quantitative estimate of drug-likeness (QED) is 0.414. The molecule has 0 atom stereocenters. The minimum Gasteiger partial charge on any atom is -0.380 e. The first kappa shape index (κ1) is 22.8. The van der Waals surface area contributed by atoms with Gasteiger partial charge in [-0.3, -0.25) is 9.69 Å². The van der Waals surface area contributed by atoms with Gasteiger partial charge in [0.2, 0.25) is 0 Å². The first-order valence-corrected chi connectivity index (χ1v) is 13.7. The van der Waals surface area contributed by atoms with Gasteiger partial charge in [-0.15, -0.1) is 11.3 Å². The van der Waals surface area contributed by atoms with Crippen LogP contribution in [-0.4, -0.2) is 43.0 Å². The molecule has 1 aromatic heterocycles. The molecule has 6 heteroatoms. The number of carbonyl (C=O) groups excluding carboxylic acids is 1. The van der Waals surface area contributed by atoms with E-state index >= 15 is 0 Å². The van der Waals surface area contributed by atoms with Crippen LogP contribution >= 0.6 is 11.3 Å². The SMILES string of the molecule is Cc1ccc(NC2CNC2)cc1C(=O)NC1(c2cccc(-c3ccc(CN4CCCC4)s3)c2)CC1. The first-order chi connectivity index (χ1) is 17.1. The van der Waals surface area contributed by atoms with Crippen LogP contribution < -0.4 is 16.0 Å². The van der Waals surface area contributed by atoms with Gasteiger partial charge in [0.15, 0.2) is 0 Å². The molecule has 0 spiro atoms. The number of nitrogens with one attached hydrogen (secondary N) is 3. The monoisotopic (exact) mass is 486 g/mol. The van der Waals surface area contributed by atoms with E-state index < -0.39 is 0 Å². The van der Waals surface area contributed by atoms with Gasteiger partial charge in [0.25, 0.3) is 5.91 Å². The highest BCUT2D eigenvalue weighted by atomic mass is 32.1. The van der Waals surface area contributed by atoms with Crippen molar-refractivity contribution in [3.63, 3.8) is 0 Å². The average Bonchev–Trinajstić information content (AvgIpc) is 3.20. The third kappa shape index (κ3) is 4.88. The summed E-state index contributed by atoms with van der Waals surface area (Å²) >= 11 is 1.90. The van der Waals surface area contributed by atoms with Crippen molar-refractivity contribution in [1.82, 2.24) is 15.5 Å². The number of carbonyl (C=O) groups is 1.